The first-order valence-electron chi connectivity index (χ1n) is 9.56. The van der Waals surface area contributed by atoms with Crippen molar-refractivity contribution in [3.05, 3.63) is 40.3 Å². The molecule has 1 aromatic carbocycles. The standard InChI is InChI=1S/C20H25ClFN5O3/c1-20(2,3)24-18(29)16-15-10-26(19(23)30)9-12(6-7-28)27(15)25-17(16)11-4-5-14(22)13(21)8-11/h4-5,8,12,28H,6-7,9-10H2,1-3H3,(H2,23,30)(H,24,29). The Hall–Kier alpha value is -2.65. The van der Waals surface area contributed by atoms with E-state index in [0.29, 0.717) is 23.4 Å². The summed E-state index contributed by atoms with van der Waals surface area (Å²) in [7, 11) is 0. The highest BCUT2D eigenvalue weighted by Gasteiger charge is 2.35. The van der Waals surface area contributed by atoms with Gasteiger partial charge in [0, 0.05) is 24.3 Å². The second kappa shape index (κ2) is 8.23. The van der Waals surface area contributed by atoms with Crippen LogP contribution in [0.5, 0.6) is 0 Å². The number of carbonyl (C=O) groups is 2. The molecule has 0 spiro atoms. The molecule has 10 heteroatoms. The van der Waals surface area contributed by atoms with E-state index in [9.17, 15) is 19.1 Å². The third kappa shape index (κ3) is 4.41. The zero-order valence-corrected chi connectivity index (χ0v) is 17.8. The highest BCUT2D eigenvalue weighted by atomic mass is 35.5. The summed E-state index contributed by atoms with van der Waals surface area (Å²) >= 11 is 5.96. The van der Waals surface area contributed by atoms with Crippen molar-refractivity contribution < 1.29 is 19.1 Å². The van der Waals surface area contributed by atoms with Gasteiger partial charge >= 0.3 is 6.03 Å². The van der Waals surface area contributed by atoms with Crippen molar-refractivity contribution in [3.8, 4) is 11.3 Å². The summed E-state index contributed by atoms with van der Waals surface area (Å²) in [5, 5.41) is 16.9. The van der Waals surface area contributed by atoms with Gasteiger partial charge < -0.3 is 21.1 Å². The van der Waals surface area contributed by atoms with Crippen molar-refractivity contribution in [2.24, 2.45) is 5.73 Å². The van der Waals surface area contributed by atoms with Crippen molar-refractivity contribution in [1.29, 1.82) is 0 Å². The molecule has 0 aliphatic carbocycles. The zero-order valence-electron chi connectivity index (χ0n) is 17.1. The Morgan fingerprint density at radius 1 is 1.40 bits per heavy atom. The van der Waals surface area contributed by atoms with Crippen molar-refractivity contribution >= 4 is 23.5 Å². The first-order valence-corrected chi connectivity index (χ1v) is 9.94. The average Bonchev–Trinajstić information content (AvgIpc) is 3.02. The van der Waals surface area contributed by atoms with E-state index in [4.69, 9.17) is 17.3 Å². The molecule has 0 saturated heterocycles. The lowest BCUT2D eigenvalue weighted by molar-refractivity contribution is 0.0915. The Morgan fingerprint density at radius 2 is 2.10 bits per heavy atom. The van der Waals surface area contributed by atoms with Gasteiger partial charge in [0.1, 0.15) is 11.5 Å². The van der Waals surface area contributed by atoms with Gasteiger partial charge in [-0.15, -0.1) is 0 Å². The van der Waals surface area contributed by atoms with Crippen LogP contribution in [0.15, 0.2) is 18.2 Å². The van der Waals surface area contributed by atoms with Crippen LogP contribution in [0, 0.1) is 5.82 Å². The maximum atomic E-state index is 13.7. The SMILES string of the molecule is CC(C)(C)NC(=O)c1c(-c2ccc(F)c(Cl)c2)nn2c1CN(C(N)=O)CC2CCO. The summed E-state index contributed by atoms with van der Waals surface area (Å²) in [5.74, 6) is -0.962. The van der Waals surface area contributed by atoms with Gasteiger partial charge in [-0.1, -0.05) is 11.6 Å². The number of nitrogens with zero attached hydrogens (tertiary/aromatic N) is 3. The highest BCUT2D eigenvalue weighted by Crippen LogP contribution is 2.34. The quantitative estimate of drug-likeness (QED) is 0.682. The van der Waals surface area contributed by atoms with E-state index in [1.165, 1.54) is 23.1 Å². The molecule has 3 amide bonds. The molecule has 8 nitrogen and oxygen atoms in total. The van der Waals surface area contributed by atoms with Gasteiger partial charge in [0.05, 0.1) is 28.9 Å². The number of primary amides is 1. The summed E-state index contributed by atoms with van der Waals surface area (Å²) in [4.78, 5) is 26.5. The van der Waals surface area contributed by atoms with E-state index < -0.39 is 17.4 Å². The fraction of sp³-hybridized carbons (Fsp3) is 0.450. The minimum Gasteiger partial charge on any atom is -0.396 e. The van der Waals surface area contributed by atoms with Crippen molar-refractivity contribution in [2.75, 3.05) is 13.2 Å². The normalized spacial score (nSPS) is 16.3. The molecule has 3 rings (SSSR count). The molecule has 1 unspecified atom stereocenters. The van der Waals surface area contributed by atoms with Crippen molar-refractivity contribution in [1.82, 2.24) is 20.0 Å². The molecule has 4 N–H and O–H groups in total. The molecule has 1 aliphatic rings. The highest BCUT2D eigenvalue weighted by molar-refractivity contribution is 6.31. The van der Waals surface area contributed by atoms with Crippen LogP contribution in [0.1, 0.15) is 49.3 Å². The molecule has 1 atom stereocenters. The molecule has 0 saturated carbocycles. The molecule has 0 radical (unpaired) electrons. The number of benzene rings is 1. The van der Waals surface area contributed by atoms with E-state index in [-0.39, 0.29) is 42.2 Å². The van der Waals surface area contributed by atoms with Crippen molar-refractivity contribution in [3.63, 3.8) is 0 Å². The van der Waals surface area contributed by atoms with Gasteiger partial charge in [-0.3, -0.25) is 9.48 Å². The smallest absolute Gasteiger partial charge is 0.315 e. The first-order chi connectivity index (χ1) is 14.0. The Labute approximate surface area is 178 Å². The second-order valence-electron chi connectivity index (χ2n) is 8.33. The van der Waals surface area contributed by atoms with E-state index in [1.54, 1.807) is 4.68 Å². The summed E-state index contributed by atoms with van der Waals surface area (Å²) in [5.41, 5.74) is 6.53. The number of fused-ring (bicyclic) bond motifs is 1. The van der Waals surface area contributed by atoms with Gasteiger partial charge in [0.25, 0.3) is 5.91 Å². The van der Waals surface area contributed by atoms with E-state index >= 15 is 0 Å². The summed E-state index contributed by atoms with van der Waals surface area (Å²) in [6.07, 6.45) is 0.322. The lowest BCUT2D eigenvalue weighted by Gasteiger charge is -2.33. The Kier molecular flexibility index (Phi) is 6.05. The minimum atomic E-state index is -0.626. The van der Waals surface area contributed by atoms with Crippen LogP contribution in [0.25, 0.3) is 11.3 Å². The number of amides is 3. The number of halogens is 2. The van der Waals surface area contributed by atoms with Crippen molar-refractivity contribution in [2.45, 2.75) is 45.3 Å². The zero-order chi connectivity index (χ0) is 22.2. The molecule has 1 aromatic heterocycles. The summed E-state index contributed by atoms with van der Waals surface area (Å²) in [6, 6.07) is 3.13. The number of nitrogens with one attached hydrogen (secondary N) is 1. The molecule has 0 fully saturated rings. The van der Waals surface area contributed by atoms with Gasteiger partial charge in [0.15, 0.2) is 0 Å². The molecule has 30 heavy (non-hydrogen) atoms. The first kappa shape index (κ1) is 22.0. The fourth-order valence-corrected chi connectivity index (χ4v) is 3.70. The maximum absolute atomic E-state index is 13.7. The van der Waals surface area contributed by atoms with Crippen LogP contribution in [-0.4, -0.2) is 50.4 Å². The molecule has 1 aliphatic heterocycles. The maximum Gasteiger partial charge on any atom is 0.315 e. The van der Waals surface area contributed by atoms with Crippen LogP contribution in [0.3, 0.4) is 0 Å². The molecule has 162 valence electrons. The van der Waals surface area contributed by atoms with Crippen LogP contribution in [-0.2, 0) is 6.54 Å². The molecule has 0 bridgehead atoms. The topological polar surface area (TPSA) is 113 Å². The minimum absolute atomic E-state index is 0.0894. The number of aliphatic hydroxyl groups is 1. The monoisotopic (exact) mass is 437 g/mol. The van der Waals surface area contributed by atoms with E-state index in [2.05, 4.69) is 10.4 Å². The average molecular weight is 438 g/mol. The van der Waals surface area contributed by atoms with Gasteiger partial charge in [-0.25, -0.2) is 9.18 Å². The van der Waals surface area contributed by atoms with Gasteiger partial charge in [-0.2, -0.15) is 5.10 Å². The Bertz CT molecular complexity index is 986. The number of carbonyl (C=O) groups excluding carboxylic acids is 2. The number of rotatable bonds is 4. The van der Waals surface area contributed by atoms with Crippen LogP contribution in [0.2, 0.25) is 5.02 Å². The molecular formula is C20H25ClFN5O3. The van der Waals surface area contributed by atoms with Crippen LogP contribution >= 0.6 is 11.6 Å². The van der Waals surface area contributed by atoms with Crippen LogP contribution in [0.4, 0.5) is 9.18 Å². The third-order valence-corrected chi connectivity index (χ3v) is 5.10. The second-order valence-corrected chi connectivity index (χ2v) is 8.74. The molecule has 2 aromatic rings. The lowest BCUT2D eigenvalue weighted by Crippen LogP contribution is -2.45. The largest absolute Gasteiger partial charge is 0.396 e. The predicted molar refractivity (Wildman–Crippen MR) is 111 cm³/mol. The number of nitrogens with two attached hydrogens (primary N) is 1. The fourth-order valence-electron chi connectivity index (χ4n) is 3.52. The number of hydrogen-bond donors (Lipinski definition) is 3. The Balaban J connectivity index is 2.21. The lowest BCUT2D eigenvalue weighted by atomic mass is 10.0. The molecular weight excluding hydrogens is 413 g/mol. The number of urea groups is 1. The Morgan fingerprint density at radius 3 is 2.67 bits per heavy atom. The summed E-state index contributed by atoms with van der Waals surface area (Å²) < 4.78 is 15.4. The van der Waals surface area contributed by atoms with Gasteiger partial charge in [-0.05, 0) is 45.4 Å². The number of aliphatic hydroxyl groups excluding tert-OH is 1. The van der Waals surface area contributed by atoms with E-state index in [0.717, 1.165) is 0 Å². The van der Waals surface area contributed by atoms with Crippen LogP contribution < -0.4 is 11.1 Å². The van der Waals surface area contributed by atoms with E-state index in [1.807, 2.05) is 20.8 Å². The number of aromatic nitrogens is 2. The number of hydrogen-bond acceptors (Lipinski definition) is 4. The van der Waals surface area contributed by atoms with Gasteiger partial charge in [0.2, 0.25) is 0 Å². The third-order valence-electron chi connectivity index (χ3n) is 4.81. The molecule has 2 heterocycles. The predicted octanol–water partition coefficient (Wildman–Crippen LogP) is 2.69. The summed E-state index contributed by atoms with van der Waals surface area (Å²) in [6.45, 7) is 5.76.